The molecule has 0 fully saturated rings. The molecule has 114 valence electrons. The van der Waals surface area contributed by atoms with Crippen LogP contribution in [-0.2, 0) is 9.53 Å². The summed E-state index contributed by atoms with van der Waals surface area (Å²) in [7, 11) is 0. The third-order valence-electron chi connectivity index (χ3n) is 3.17. The molecular weight excluding hydrogens is 298 g/mol. The smallest absolute Gasteiger partial charge is 0.335 e. The van der Waals surface area contributed by atoms with E-state index in [1.165, 1.54) is 0 Å². The van der Waals surface area contributed by atoms with Crippen molar-refractivity contribution in [1.82, 2.24) is 0 Å². The van der Waals surface area contributed by atoms with Gasteiger partial charge in [-0.05, 0) is 36.8 Å². The van der Waals surface area contributed by atoms with Gasteiger partial charge in [0.2, 0.25) is 0 Å². The van der Waals surface area contributed by atoms with Crippen molar-refractivity contribution in [2.45, 2.75) is 13.0 Å². The van der Waals surface area contributed by atoms with E-state index in [0.29, 0.717) is 17.2 Å². The molecule has 0 saturated carbocycles. The van der Waals surface area contributed by atoms with Crippen LogP contribution in [0, 0.1) is 0 Å². The number of para-hydroxylation sites is 1. The lowest BCUT2D eigenvalue weighted by molar-refractivity contribution is -0.138. The van der Waals surface area contributed by atoms with Crippen molar-refractivity contribution in [3.05, 3.63) is 77.3 Å². The highest BCUT2D eigenvalue weighted by Gasteiger charge is 2.22. The minimum absolute atomic E-state index is 0.316. The first kappa shape index (κ1) is 16.1. The summed E-state index contributed by atoms with van der Waals surface area (Å²) in [6.45, 7) is 5.99. The molecule has 0 aliphatic heterocycles. The molecule has 0 bridgehead atoms. The normalized spacial score (nSPS) is 11.5. The van der Waals surface area contributed by atoms with Gasteiger partial charge in [0.25, 0.3) is 0 Å². The van der Waals surface area contributed by atoms with Crippen LogP contribution in [0.15, 0.2) is 66.7 Å². The van der Waals surface area contributed by atoms with Gasteiger partial charge in [-0.1, -0.05) is 48.5 Å². The number of anilines is 1. The third-order valence-corrected chi connectivity index (χ3v) is 3.43. The molecule has 2 rings (SSSR count). The highest BCUT2D eigenvalue weighted by molar-refractivity contribution is 6.30. The second kappa shape index (κ2) is 7.66. The van der Waals surface area contributed by atoms with Crippen molar-refractivity contribution < 1.29 is 9.53 Å². The van der Waals surface area contributed by atoms with E-state index in [0.717, 1.165) is 11.3 Å². The van der Waals surface area contributed by atoms with Crippen molar-refractivity contribution in [3.63, 3.8) is 0 Å². The SMILES string of the molecule is C=C(C(=O)OCC)[C@@H](Nc1ccccc1)c1ccc(Cl)cc1. The molecule has 0 aliphatic carbocycles. The van der Waals surface area contributed by atoms with Crippen LogP contribution in [0.3, 0.4) is 0 Å². The number of esters is 1. The zero-order chi connectivity index (χ0) is 15.9. The Hall–Kier alpha value is -2.26. The van der Waals surface area contributed by atoms with E-state index in [4.69, 9.17) is 16.3 Å². The molecule has 0 aromatic heterocycles. The summed E-state index contributed by atoms with van der Waals surface area (Å²) in [5.74, 6) is -0.411. The van der Waals surface area contributed by atoms with Crippen LogP contribution in [-0.4, -0.2) is 12.6 Å². The summed E-state index contributed by atoms with van der Waals surface area (Å²) < 4.78 is 5.06. The van der Waals surface area contributed by atoms with Gasteiger partial charge in [0.05, 0.1) is 18.2 Å². The molecule has 22 heavy (non-hydrogen) atoms. The molecular formula is C18H18ClNO2. The Morgan fingerprint density at radius 2 is 1.82 bits per heavy atom. The predicted molar refractivity (Wildman–Crippen MR) is 90.0 cm³/mol. The Balaban J connectivity index is 2.29. The molecule has 2 aromatic carbocycles. The van der Waals surface area contributed by atoms with Gasteiger partial charge in [-0.2, -0.15) is 0 Å². The maximum Gasteiger partial charge on any atom is 0.335 e. The number of carbonyl (C=O) groups excluding carboxylic acids is 1. The van der Waals surface area contributed by atoms with E-state index < -0.39 is 5.97 Å². The van der Waals surface area contributed by atoms with Gasteiger partial charge in [0.15, 0.2) is 0 Å². The van der Waals surface area contributed by atoms with Gasteiger partial charge >= 0.3 is 5.97 Å². The minimum Gasteiger partial charge on any atom is -0.463 e. The van der Waals surface area contributed by atoms with Crippen LogP contribution >= 0.6 is 11.6 Å². The first-order chi connectivity index (χ1) is 10.6. The van der Waals surface area contributed by atoms with E-state index in [-0.39, 0.29) is 6.04 Å². The fourth-order valence-corrected chi connectivity index (χ4v) is 2.20. The Kier molecular flexibility index (Phi) is 5.61. The zero-order valence-electron chi connectivity index (χ0n) is 12.4. The maximum atomic E-state index is 12.0. The first-order valence-electron chi connectivity index (χ1n) is 7.04. The third kappa shape index (κ3) is 4.12. The van der Waals surface area contributed by atoms with Crippen LogP contribution in [0.2, 0.25) is 5.02 Å². The van der Waals surface area contributed by atoms with Crippen LogP contribution in [0.25, 0.3) is 0 Å². The zero-order valence-corrected chi connectivity index (χ0v) is 13.1. The number of nitrogens with one attached hydrogen (secondary N) is 1. The van der Waals surface area contributed by atoms with Crippen molar-refractivity contribution in [2.24, 2.45) is 0 Å². The fourth-order valence-electron chi connectivity index (χ4n) is 2.07. The van der Waals surface area contributed by atoms with Gasteiger partial charge in [0.1, 0.15) is 0 Å². The molecule has 0 saturated heterocycles. The molecule has 0 spiro atoms. The van der Waals surface area contributed by atoms with Gasteiger partial charge in [-0.15, -0.1) is 0 Å². The molecule has 0 heterocycles. The highest BCUT2D eigenvalue weighted by atomic mass is 35.5. The summed E-state index contributed by atoms with van der Waals surface area (Å²) in [6.07, 6.45) is 0. The second-order valence-corrected chi connectivity index (χ2v) is 5.18. The van der Waals surface area contributed by atoms with Gasteiger partial charge in [-0.3, -0.25) is 0 Å². The lowest BCUT2D eigenvalue weighted by Gasteiger charge is -2.22. The van der Waals surface area contributed by atoms with Gasteiger partial charge in [-0.25, -0.2) is 4.79 Å². The fraction of sp³-hybridized carbons (Fsp3) is 0.167. The van der Waals surface area contributed by atoms with Gasteiger partial charge in [0, 0.05) is 10.7 Å². The standard InChI is InChI=1S/C18H18ClNO2/c1-3-22-18(21)13(2)17(14-9-11-15(19)12-10-14)20-16-7-5-4-6-8-16/h4-12,17,20H,2-3H2,1H3/t17-/m1/s1. The second-order valence-electron chi connectivity index (χ2n) is 4.74. The summed E-state index contributed by atoms with van der Waals surface area (Å²) >= 11 is 5.93. The van der Waals surface area contributed by atoms with Crippen molar-refractivity contribution >= 4 is 23.3 Å². The van der Waals surface area contributed by atoms with Gasteiger partial charge < -0.3 is 10.1 Å². The number of hydrogen-bond donors (Lipinski definition) is 1. The molecule has 0 radical (unpaired) electrons. The number of carbonyl (C=O) groups is 1. The number of hydrogen-bond acceptors (Lipinski definition) is 3. The number of rotatable bonds is 6. The molecule has 3 nitrogen and oxygen atoms in total. The molecule has 0 unspecified atom stereocenters. The van der Waals surface area contributed by atoms with E-state index in [9.17, 15) is 4.79 Å². The largest absolute Gasteiger partial charge is 0.463 e. The van der Waals surface area contributed by atoms with E-state index in [1.54, 1.807) is 19.1 Å². The Morgan fingerprint density at radius 1 is 1.18 bits per heavy atom. The molecule has 4 heteroatoms. The summed E-state index contributed by atoms with van der Waals surface area (Å²) in [5.41, 5.74) is 2.15. The first-order valence-corrected chi connectivity index (χ1v) is 7.42. The molecule has 1 atom stereocenters. The molecule has 0 amide bonds. The minimum atomic E-state index is -0.411. The Bertz CT molecular complexity index is 638. The topological polar surface area (TPSA) is 38.3 Å². The highest BCUT2D eigenvalue weighted by Crippen LogP contribution is 2.27. The lowest BCUT2D eigenvalue weighted by Crippen LogP contribution is -2.20. The van der Waals surface area contributed by atoms with E-state index in [2.05, 4.69) is 11.9 Å². The van der Waals surface area contributed by atoms with Crippen molar-refractivity contribution in [1.29, 1.82) is 0 Å². The van der Waals surface area contributed by atoms with Crippen LogP contribution in [0.1, 0.15) is 18.5 Å². The van der Waals surface area contributed by atoms with Crippen molar-refractivity contribution in [3.8, 4) is 0 Å². The maximum absolute atomic E-state index is 12.0. The number of benzene rings is 2. The molecule has 2 aromatic rings. The average molecular weight is 316 g/mol. The number of ether oxygens (including phenoxy) is 1. The Labute approximate surface area is 135 Å². The quantitative estimate of drug-likeness (QED) is 0.625. The van der Waals surface area contributed by atoms with Crippen molar-refractivity contribution in [2.75, 3.05) is 11.9 Å². The predicted octanol–water partition coefficient (Wildman–Crippen LogP) is 4.61. The summed E-state index contributed by atoms with van der Waals surface area (Å²) in [6, 6.07) is 16.6. The summed E-state index contributed by atoms with van der Waals surface area (Å²) in [4.78, 5) is 12.0. The number of halogens is 1. The lowest BCUT2D eigenvalue weighted by atomic mass is 9.99. The monoisotopic (exact) mass is 315 g/mol. The molecule has 0 aliphatic rings. The Morgan fingerprint density at radius 3 is 2.41 bits per heavy atom. The van der Waals surface area contributed by atoms with Crippen LogP contribution in [0.4, 0.5) is 5.69 Å². The average Bonchev–Trinajstić information content (AvgIpc) is 2.54. The molecule has 1 N–H and O–H groups in total. The van der Waals surface area contributed by atoms with E-state index in [1.807, 2.05) is 42.5 Å². The van der Waals surface area contributed by atoms with E-state index >= 15 is 0 Å². The van der Waals surface area contributed by atoms with Crippen LogP contribution in [0.5, 0.6) is 0 Å². The van der Waals surface area contributed by atoms with Crippen LogP contribution < -0.4 is 5.32 Å². The summed E-state index contributed by atoms with van der Waals surface area (Å²) in [5, 5.41) is 3.95.